The van der Waals surface area contributed by atoms with Gasteiger partial charge in [-0.1, -0.05) is 50.3 Å². The number of aryl methyl sites for hydroxylation is 1. The molecule has 0 saturated heterocycles. The van der Waals surface area contributed by atoms with E-state index in [1.54, 1.807) is 16.8 Å². The van der Waals surface area contributed by atoms with Crippen LogP contribution in [0.15, 0.2) is 47.4 Å². The number of unbranched alkanes of at least 4 members (excludes halogenated alkanes) is 1. The lowest BCUT2D eigenvalue weighted by Gasteiger charge is -2.05. The summed E-state index contributed by atoms with van der Waals surface area (Å²) in [5, 5.41) is 8.54. The summed E-state index contributed by atoms with van der Waals surface area (Å²) in [6.07, 6.45) is 6.93. The van der Waals surface area contributed by atoms with Gasteiger partial charge < -0.3 is 4.57 Å². The first-order valence-electron chi connectivity index (χ1n) is 7.95. The van der Waals surface area contributed by atoms with Crippen molar-refractivity contribution in [2.45, 2.75) is 39.2 Å². The van der Waals surface area contributed by atoms with Gasteiger partial charge in [-0.3, -0.25) is 4.79 Å². The van der Waals surface area contributed by atoms with Crippen molar-refractivity contribution in [3.8, 4) is 6.07 Å². The molecule has 0 saturated carbocycles. The van der Waals surface area contributed by atoms with Crippen LogP contribution in [0.25, 0.3) is 12.2 Å². The van der Waals surface area contributed by atoms with Crippen LogP contribution in [0.2, 0.25) is 0 Å². The Bertz CT molecular complexity index is 761. The molecule has 0 atom stereocenters. The lowest BCUT2D eigenvalue weighted by Crippen LogP contribution is -2.18. The minimum Gasteiger partial charge on any atom is -0.315 e. The predicted molar refractivity (Wildman–Crippen MR) is 95.0 cm³/mol. The van der Waals surface area contributed by atoms with Crippen molar-refractivity contribution in [2.24, 2.45) is 0 Å². The van der Waals surface area contributed by atoms with Crippen LogP contribution in [0, 0.1) is 11.3 Å². The summed E-state index contributed by atoms with van der Waals surface area (Å²) in [5.41, 5.74) is 3.30. The van der Waals surface area contributed by atoms with Gasteiger partial charge in [-0.05, 0) is 35.1 Å². The first-order valence-corrected chi connectivity index (χ1v) is 7.95. The molecule has 0 spiro atoms. The highest BCUT2D eigenvalue weighted by atomic mass is 16.1. The van der Waals surface area contributed by atoms with Crippen LogP contribution in [0.4, 0.5) is 0 Å². The van der Waals surface area contributed by atoms with Gasteiger partial charge in [0, 0.05) is 25.2 Å². The quantitative estimate of drug-likeness (QED) is 0.740. The lowest BCUT2D eigenvalue weighted by atomic mass is 10.0. The fourth-order valence-electron chi connectivity index (χ4n) is 2.32. The highest BCUT2D eigenvalue weighted by Gasteiger charge is 1.99. The minimum absolute atomic E-state index is 0.0276. The first kappa shape index (κ1) is 16.8. The van der Waals surface area contributed by atoms with Gasteiger partial charge in [-0.2, -0.15) is 5.26 Å². The van der Waals surface area contributed by atoms with E-state index in [1.807, 2.05) is 18.2 Å². The van der Waals surface area contributed by atoms with Crippen molar-refractivity contribution in [3.63, 3.8) is 0 Å². The third kappa shape index (κ3) is 4.96. The van der Waals surface area contributed by atoms with E-state index in [2.05, 4.69) is 44.2 Å². The normalized spacial score (nSPS) is 11.0. The van der Waals surface area contributed by atoms with Gasteiger partial charge in [0.25, 0.3) is 5.56 Å². The van der Waals surface area contributed by atoms with Crippen molar-refractivity contribution in [3.05, 3.63) is 69.6 Å². The number of nitriles is 1. The third-order valence-electron chi connectivity index (χ3n) is 3.78. The Labute approximate surface area is 137 Å². The highest BCUT2D eigenvalue weighted by Crippen LogP contribution is 2.16. The Hall–Kier alpha value is -2.60. The molecule has 0 aliphatic heterocycles. The third-order valence-corrected chi connectivity index (χ3v) is 3.78. The standard InChI is InChI=1S/C20H22N2O/c1-16(2)19-9-7-17(8-10-19)5-6-18-11-14-22(20(23)15-18)13-4-3-12-21/h5-11,14-16H,3-4,13H2,1-2H3/b6-5+. The van der Waals surface area contributed by atoms with Crippen LogP contribution in [-0.4, -0.2) is 4.57 Å². The SMILES string of the molecule is CC(C)c1ccc(/C=C/c2ccn(CCCC#N)c(=O)c2)cc1. The second-order valence-electron chi connectivity index (χ2n) is 5.91. The number of hydrogen-bond donors (Lipinski definition) is 0. The van der Waals surface area contributed by atoms with E-state index < -0.39 is 0 Å². The molecule has 0 aliphatic rings. The molecular weight excluding hydrogens is 284 g/mol. The van der Waals surface area contributed by atoms with Crippen LogP contribution in [0.5, 0.6) is 0 Å². The maximum absolute atomic E-state index is 12.0. The van der Waals surface area contributed by atoms with Gasteiger partial charge in [0.15, 0.2) is 0 Å². The minimum atomic E-state index is -0.0276. The number of aromatic nitrogens is 1. The van der Waals surface area contributed by atoms with Gasteiger partial charge in [0.2, 0.25) is 0 Å². The average molecular weight is 306 g/mol. The second kappa shape index (κ2) is 8.14. The predicted octanol–water partition coefficient (Wildman–Crippen LogP) is 4.45. The summed E-state index contributed by atoms with van der Waals surface area (Å²) in [5.74, 6) is 0.529. The highest BCUT2D eigenvalue weighted by molar-refractivity contribution is 5.69. The van der Waals surface area contributed by atoms with Gasteiger partial charge in [-0.25, -0.2) is 0 Å². The zero-order valence-corrected chi connectivity index (χ0v) is 13.7. The van der Waals surface area contributed by atoms with E-state index in [9.17, 15) is 4.79 Å². The molecule has 1 aromatic carbocycles. The summed E-state index contributed by atoms with van der Waals surface area (Å²) in [4.78, 5) is 12.0. The molecule has 3 nitrogen and oxygen atoms in total. The van der Waals surface area contributed by atoms with Gasteiger partial charge in [0.05, 0.1) is 6.07 Å². The molecule has 0 radical (unpaired) electrons. The molecular formula is C20H22N2O. The molecule has 2 aromatic rings. The number of hydrogen-bond acceptors (Lipinski definition) is 2. The van der Waals surface area contributed by atoms with Crippen LogP contribution in [0.1, 0.15) is 49.3 Å². The average Bonchev–Trinajstić information content (AvgIpc) is 2.55. The largest absolute Gasteiger partial charge is 0.315 e. The van der Waals surface area contributed by atoms with Crippen LogP contribution in [-0.2, 0) is 6.54 Å². The Kier molecular flexibility index (Phi) is 5.94. The van der Waals surface area contributed by atoms with E-state index in [0.29, 0.717) is 25.3 Å². The number of rotatable bonds is 6. The molecule has 0 fully saturated rings. The summed E-state index contributed by atoms with van der Waals surface area (Å²) in [6.45, 7) is 4.94. The summed E-state index contributed by atoms with van der Waals surface area (Å²) in [6, 6.07) is 14.1. The van der Waals surface area contributed by atoms with Crippen LogP contribution >= 0.6 is 0 Å². The van der Waals surface area contributed by atoms with E-state index in [1.165, 1.54) is 5.56 Å². The zero-order chi connectivity index (χ0) is 16.7. The summed E-state index contributed by atoms with van der Waals surface area (Å²) < 4.78 is 1.64. The van der Waals surface area contributed by atoms with Gasteiger partial charge >= 0.3 is 0 Å². The van der Waals surface area contributed by atoms with Crippen LogP contribution in [0.3, 0.4) is 0 Å². The molecule has 2 rings (SSSR count). The Morgan fingerprint density at radius 3 is 2.43 bits per heavy atom. The smallest absolute Gasteiger partial charge is 0.251 e. The number of benzene rings is 1. The Morgan fingerprint density at radius 1 is 1.13 bits per heavy atom. The second-order valence-corrected chi connectivity index (χ2v) is 5.91. The van der Waals surface area contributed by atoms with E-state index in [4.69, 9.17) is 5.26 Å². The van der Waals surface area contributed by atoms with Crippen molar-refractivity contribution < 1.29 is 0 Å². The maximum atomic E-state index is 12.0. The van der Waals surface area contributed by atoms with Crippen molar-refractivity contribution in [1.82, 2.24) is 4.57 Å². The Morgan fingerprint density at radius 2 is 1.83 bits per heavy atom. The topological polar surface area (TPSA) is 45.8 Å². The molecule has 118 valence electrons. The molecule has 0 unspecified atom stereocenters. The maximum Gasteiger partial charge on any atom is 0.251 e. The lowest BCUT2D eigenvalue weighted by molar-refractivity contribution is 0.631. The number of nitrogens with zero attached hydrogens (tertiary/aromatic N) is 2. The van der Waals surface area contributed by atoms with Crippen LogP contribution < -0.4 is 5.56 Å². The fourth-order valence-corrected chi connectivity index (χ4v) is 2.32. The fraction of sp³-hybridized carbons (Fsp3) is 0.300. The number of pyridine rings is 1. The van der Waals surface area contributed by atoms with Gasteiger partial charge in [0.1, 0.15) is 0 Å². The molecule has 0 bridgehead atoms. The Balaban J connectivity index is 2.06. The van der Waals surface area contributed by atoms with E-state index in [-0.39, 0.29) is 5.56 Å². The summed E-state index contributed by atoms with van der Waals surface area (Å²) in [7, 11) is 0. The molecule has 3 heteroatoms. The molecule has 0 amide bonds. The molecule has 1 aromatic heterocycles. The van der Waals surface area contributed by atoms with E-state index in [0.717, 1.165) is 11.1 Å². The zero-order valence-electron chi connectivity index (χ0n) is 13.7. The molecule has 1 heterocycles. The van der Waals surface area contributed by atoms with Crippen molar-refractivity contribution in [1.29, 1.82) is 5.26 Å². The van der Waals surface area contributed by atoms with Crippen molar-refractivity contribution in [2.75, 3.05) is 0 Å². The monoisotopic (exact) mass is 306 g/mol. The molecule has 23 heavy (non-hydrogen) atoms. The molecule has 0 aliphatic carbocycles. The first-order chi connectivity index (χ1) is 11.1. The van der Waals surface area contributed by atoms with Crippen molar-refractivity contribution >= 4 is 12.2 Å². The molecule has 0 N–H and O–H groups in total. The van der Waals surface area contributed by atoms with Gasteiger partial charge in [-0.15, -0.1) is 0 Å². The summed E-state index contributed by atoms with van der Waals surface area (Å²) >= 11 is 0. The van der Waals surface area contributed by atoms with E-state index >= 15 is 0 Å².